The molecule has 0 saturated carbocycles. The molecule has 158 valence electrons. The van der Waals surface area contributed by atoms with Gasteiger partial charge in [-0.3, -0.25) is 0 Å². The first-order valence-electron chi connectivity index (χ1n) is 8.84. The van der Waals surface area contributed by atoms with E-state index < -0.39 is 30.3 Å². The van der Waals surface area contributed by atoms with Crippen LogP contribution in [0.5, 0.6) is 11.5 Å². The van der Waals surface area contributed by atoms with Crippen LogP contribution in [0.3, 0.4) is 0 Å². The summed E-state index contributed by atoms with van der Waals surface area (Å²) in [4.78, 5) is 0. The minimum absolute atomic E-state index is 0.0654. The molecule has 3 aromatic carbocycles. The van der Waals surface area contributed by atoms with Gasteiger partial charge in [0.2, 0.25) is 0 Å². The Morgan fingerprint density at radius 1 is 0.867 bits per heavy atom. The third kappa shape index (κ3) is 6.03. The maximum absolute atomic E-state index is 14.0. The molecule has 0 bridgehead atoms. The number of rotatable bonds is 7. The number of halogens is 6. The highest BCUT2D eigenvalue weighted by Crippen LogP contribution is 2.35. The smallest absolute Gasteiger partial charge is 0.397 e. The molecule has 1 atom stereocenters. The van der Waals surface area contributed by atoms with Crippen molar-refractivity contribution in [2.75, 3.05) is 6.61 Å². The minimum Gasteiger partial charge on any atom is -0.454 e. The predicted molar refractivity (Wildman–Crippen MR) is 105 cm³/mol. The SMILES string of the molecule is Fc1ccc(C(COCc2ccc(F)c(Oc3ccc(Br)cc3)c2)C(F)(F)F)cc1. The molecule has 0 aliphatic carbocycles. The highest BCUT2D eigenvalue weighted by molar-refractivity contribution is 9.10. The fourth-order valence-corrected chi connectivity index (χ4v) is 2.98. The van der Waals surface area contributed by atoms with Gasteiger partial charge in [0.25, 0.3) is 0 Å². The Morgan fingerprint density at radius 3 is 2.17 bits per heavy atom. The second kappa shape index (κ2) is 9.57. The van der Waals surface area contributed by atoms with Crippen LogP contribution in [0, 0.1) is 11.6 Å². The van der Waals surface area contributed by atoms with E-state index in [9.17, 15) is 22.0 Å². The second-order valence-electron chi connectivity index (χ2n) is 6.48. The molecule has 0 radical (unpaired) electrons. The number of hydrogen-bond donors (Lipinski definition) is 0. The van der Waals surface area contributed by atoms with Gasteiger partial charge in [-0.05, 0) is 59.7 Å². The van der Waals surface area contributed by atoms with E-state index in [0.717, 1.165) is 34.8 Å². The van der Waals surface area contributed by atoms with Gasteiger partial charge in [-0.2, -0.15) is 13.2 Å². The summed E-state index contributed by atoms with van der Waals surface area (Å²) in [6.07, 6.45) is -4.56. The lowest BCUT2D eigenvalue weighted by atomic mass is 9.99. The van der Waals surface area contributed by atoms with Gasteiger partial charge in [0.15, 0.2) is 11.6 Å². The molecule has 0 spiro atoms. The van der Waals surface area contributed by atoms with E-state index in [0.29, 0.717) is 11.3 Å². The zero-order valence-electron chi connectivity index (χ0n) is 15.4. The Hall–Kier alpha value is -2.45. The van der Waals surface area contributed by atoms with Gasteiger partial charge < -0.3 is 9.47 Å². The first-order chi connectivity index (χ1) is 14.2. The summed E-state index contributed by atoms with van der Waals surface area (Å²) < 4.78 is 78.8. The number of benzene rings is 3. The van der Waals surface area contributed by atoms with E-state index in [1.54, 1.807) is 24.3 Å². The Morgan fingerprint density at radius 2 is 1.53 bits per heavy atom. The van der Waals surface area contributed by atoms with E-state index in [2.05, 4.69) is 15.9 Å². The monoisotopic (exact) mass is 486 g/mol. The molecule has 2 nitrogen and oxygen atoms in total. The van der Waals surface area contributed by atoms with Crippen LogP contribution < -0.4 is 4.74 Å². The molecule has 1 unspecified atom stereocenters. The molecular formula is C22H16BrF5O2. The largest absolute Gasteiger partial charge is 0.454 e. The molecule has 0 amide bonds. The molecule has 0 N–H and O–H groups in total. The Labute approximate surface area is 178 Å². The Bertz CT molecular complexity index is 972. The summed E-state index contributed by atoms with van der Waals surface area (Å²) >= 11 is 3.29. The van der Waals surface area contributed by atoms with E-state index >= 15 is 0 Å². The lowest BCUT2D eigenvalue weighted by Gasteiger charge is -2.21. The third-order valence-corrected chi connectivity index (χ3v) is 4.79. The lowest BCUT2D eigenvalue weighted by molar-refractivity contribution is -0.163. The maximum atomic E-state index is 14.0. The van der Waals surface area contributed by atoms with E-state index in [-0.39, 0.29) is 17.9 Å². The maximum Gasteiger partial charge on any atom is 0.397 e. The number of alkyl halides is 3. The fourth-order valence-electron chi connectivity index (χ4n) is 2.71. The van der Waals surface area contributed by atoms with Crippen LogP contribution in [0.4, 0.5) is 22.0 Å². The zero-order valence-corrected chi connectivity index (χ0v) is 17.0. The molecule has 3 aromatic rings. The van der Waals surface area contributed by atoms with Crippen molar-refractivity contribution in [2.24, 2.45) is 0 Å². The van der Waals surface area contributed by atoms with E-state index in [4.69, 9.17) is 9.47 Å². The molecule has 0 fully saturated rings. The summed E-state index contributed by atoms with van der Waals surface area (Å²) in [5, 5.41) is 0. The summed E-state index contributed by atoms with van der Waals surface area (Å²) in [7, 11) is 0. The first kappa shape index (κ1) is 22.2. The summed E-state index contributed by atoms with van der Waals surface area (Å²) in [6, 6.07) is 14.8. The van der Waals surface area contributed by atoms with Gasteiger partial charge in [-0.1, -0.05) is 34.1 Å². The van der Waals surface area contributed by atoms with Crippen LogP contribution in [-0.2, 0) is 11.3 Å². The van der Waals surface area contributed by atoms with Crippen LogP contribution in [0.2, 0.25) is 0 Å². The Kier molecular flexibility index (Phi) is 7.10. The fraction of sp³-hybridized carbons (Fsp3) is 0.182. The van der Waals surface area contributed by atoms with Crippen LogP contribution in [-0.4, -0.2) is 12.8 Å². The van der Waals surface area contributed by atoms with Crippen molar-refractivity contribution in [3.63, 3.8) is 0 Å². The standard InChI is InChI=1S/C22H16BrF5O2/c23-16-4-8-18(9-5-16)30-21-11-14(1-10-20(21)25)12-29-13-19(22(26,27)28)15-2-6-17(24)7-3-15/h1-11,19H,12-13H2. The normalized spacial score (nSPS) is 12.6. The molecule has 0 saturated heterocycles. The van der Waals surface area contributed by atoms with Crippen LogP contribution in [0.1, 0.15) is 17.0 Å². The van der Waals surface area contributed by atoms with Crippen LogP contribution >= 0.6 is 15.9 Å². The highest BCUT2D eigenvalue weighted by Gasteiger charge is 2.40. The van der Waals surface area contributed by atoms with Crippen LogP contribution in [0.25, 0.3) is 0 Å². The van der Waals surface area contributed by atoms with Crippen molar-refractivity contribution in [1.29, 1.82) is 0 Å². The van der Waals surface area contributed by atoms with Gasteiger partial charge in [0.1, 0.15) is 17.5 Å². The molecular weight excluding hydrogens is 471 g/mol. The van der Waals surface area contributed by atoms with E-state index in [1.807, 2.05) is 0 Å². The third-order valence-electron chi connectivity index (χ3n) is 4.26. The van der Waals surface area contributed by atoms with Crippen molar-refractivity contribution in [3.8, 4) is 11.5 Å². The van der Waals surface area contributed by atoms with Gasteiger partial charge in [-0.15, -0.1) is 0 Å². The van der Waals surface area contributed by atoms with Crippen molar-refractivity contribution < 1.29 is 31.4 Å². The lowest BCUT2D eigenvalue weighted by Crippen LogP contribution is -2.25. The van der Waals surface area contributed by atoms with Crippen molar-refractivity contribution in [1.82, 2.24) is 0 Å². The van der Waals surface area contributed by atoms with Gasteiger partial charge >= 0.3 is 6.18 Å². The molecule has 0 aromatic heterocycles. The Balaban J connectivity index is 1.67. The molecule has 30 heavy (non-hydrogen) atoms. The zero-order chi connectivity index (χ0) is 21.7. The van der Waals surface area contributed by atoms with Crippen LogP contribution in [0.15, 0.2) is 71.2 Å². The average Bonchev–Trinajstić information content (AvgIpc) is 2.69. The topological polar surface area (TPSA) is 18.5 Å². The quantitative estimate of drug-likeness (QED) is 0.324. The molecule has 8 heteroatoms. The van der Waals surface area contributed by atoms with Gasteiger partial charge in [0.05, 0.1) is 13.2 Å². The van der Waals surface area contributed by atoms with Gasteiger partial charge in [-0.25, -0.2) is 8.78 Å². The number of ether oxygens (including phenoxy) is 2. The van der Waals surface area contributed by atoms with Crippen molar-refractivity contribution >= 4 is 15.9 Å². The number of hydrogen-bond acceptors (Lipinski definition) is 2. The predicted octanol–water partition coefficient (Wildman–Crippen LogP) is 7.38. The molecule has 0 heterocycles. The second-order valence-corrected chi connectivity index (χ2v) is 7.40. The highest BCUT2D eigenvalue weighted by atomic mass is 79.9. The average molecular weight is 487 g/mol. The van der Waals surface area contributed by atoms with Gasteiger partial charge in [0, 0.05) is 4.47 Å². The molecule has 0 aliphatic rings. The first-order valence-corrected chi connectivity index (χ1v) is 9.63. The van der Waals surface area contributed by atoms with Crippen molar-refractivity contribution in [3.05, 3.63) is 94.0 Å². The summed E-state index contributed by atoms with van der Waals surface area (Å²) in [6.45, 7) is -0.833. The molecule has 3 rings (SSSR count). The molecule has 0 aliphatic heterocycles. The minimum atomic E-state index is -4.56. The van der Waals surface area contributed by atoms with E-state index in [1.165, 1.54) is 12.1 Å². The summed E-state index contributed by atoms with van der Waals surface area (Å²) in [5.41, 5.74) is 0.353. The van der Waals surface area contributed by atoms with Crippen molar-refractivity contribution in [2.45, 2.75) is 18.7 Å². The summed E-state index contributed by atoms with van der Waals surface area (Å²) in [5.74, 6) is -2.80.